The summed E-state index contributed by atoms with van der Waals surface area (Å²) in [4.78, 5) is 32.3. The van der Waals surface area contributed by atoms with Gasteiger partial charge in [0.25, 0.3) is 5.69 Å². The molecule has 1 aliphatic rings. The second-order valence-electron chi connectivity index (χ2n) is 5.01. The molecule has 1 aliphatic heterocycles. The van der Waals surface area contributed by atoms with Gasteiger partial charge in [0.1, 0.15) is 5.69 Å². The van der Waals surface area contributed by atoms with E-state index in [9.17, 15) is 46.0 Å². The maximum atomic E-state index is 12.4. The molecule has 0 saturated carbocycles. The number of benzene rings is 1. The van der Waals surface area contributed by atoms with E-state index in [1.807, 2.05) is 0 Å². The van der Waals surface area contributed by atoms with Gasteiger partial charge in [0.15, 0.2) is 0 Å². The molecule has 0 bridgehead atoms. The Kier molecular flexibility index (Phi) is 4.36. The fourth-order valence-electron chi connectivity index (χ4n) is 2.21. The van der Waals surface area contributed by atoms with E-state index in [-0.39, 0.29) is 11.1 Å². The lowest BCUT2D eigenvalue weighted by Gasteiger charge is -2.16. The van der Waals surface area contributed by atoms with Gasteiger partial charge in [0.2, 0.25) is 0 Å². The lowest BCUT2D eigenvalue weighted by molar-refractivity contribution is -0.384. The Morgan fingerprint density at radius 2 is 1.56 bits per heavy atom. The van der Waals surface area contributed by atoms with Crippen molar-refractivity contribution in [1.29, 1.82) is 0 Å². The van der Waals surface area contributed by atoms with Gasteiger partial charge in [-0.15, -0.1) is 0 Å². The quantitative estimate of drug-likeness (QED) is 0.491. The minimum absolute atomic E-state index is 0.0330. The number of rotatable bonds is 2. The number of carbonyl (C=O) groups is 2. The number of nitro groups is 1. The van der Waals surface area contributed by atoms with E-state index in [1.54, 1.807) is 0 Å². The van der Waals surface area contributed by atoms with Crippen LogP contribution in [-0.4, -0.2) is 34.0 Å². The number of nitrogens with zero attached hydrogens (tertiary/aromatic N) is 2. The topological polar surface area (TPSA) is 92.5 Å². The maximum absolute atomic E-state index is 12.4. The van der Waals surface area contributed by atoms with Crippen molar-refractivity contribution in [2.75, 3.05) is 5.32 Å². The summed E-state index contributed by atoms with van der Waals surface area (Å²) in [6.45, 7) is -1.21. The molecule has 7 nitrogen and oxygen atoms in total. The third-order valence-corrected chi connectivity index (χ3v) is 3.27. The van der Waals surface area contributed by atoms with E-state index < -0.39 is 53.6 Å². The highest BCUT2D eigenvalue weighted by Crippen LogP contribution is 2.35. The van der Waals surface area contributed by atoms with Crippen LogP contribution in [0.3, 0.4) is 0 Å². The number of carbonyl (C=O) groups excluding carboxylic acids is 2. The lowest BCUT2D eigenvalue weighted by atomic mass is 10.1. The normalized spacial score (nSPS) is 14.2. The Bertz CT molecular complexity index is 758. The third kappa shape index (κ3) is 3.80. The first-order valence-electron chi connectivity index (χ1n) is 6.35. The highest BCUT2D eigenvalue weighted by molar-refractivity contribution is 5.97. The Morgan fingerprint density at radius 1 is 1.04 bits per heavy atom. The summed E-state index contributed by atoms with van der Waals surface area (Å²) >= 11 is 0. The molecule has 136 valence electrons. The van der Waals surface area contributed by atoms with Crippen LogP contribution < -0.4 is 5.32 Å². The van der Waals surface area contributed by atoms with Gasteiger partial charge in [0, 0.05) is 19.2 Å². The van der Waals surface area contributed by atoms with Crippen LogP contribution >= 0.6 is 0 Å². The first kappa shape index (κ1) is 18.5. The number of alkyl halides is 6. The molecule has 0 aliphatic carbocycles. The smallest absolute Gasteiger partial charge is 0.326 e. The molecule has 0 radical (unpaired) electrons. The fourth-order valence-corrected chi connectivity index (χ4v) is 2.21. The largest absolute Gasteiger partial charge is 0.471 e. The Labute approximate surface area is 134 Å². The van der Waals surface area contributed by atoms with E-state index in [4.69, 9.17) is 0 Å². The predicted molar refractivity (Wildman–Crippen MR) is 68.1 cm³/mol. The van der Waals surface area contributed by atoms with E-state index >= 15 is 0 Å². The van der Waals surface area contributed by atoms with Gasteiger partial charge in [0.05, 0.1) is 4.92 Å². The van der Waals surface area contributed by atoms with E-state index in [0.717, 1.165) is 12.1 Å². The summed E-state index contributed by atoms with van der Waals surface area (Å²) in [5.74, 6) is -4.66. The van der Waals surface area contributed by atoms with Crippen molar-refractivity contribution in [3.8, 4) is 0 Å². The standard InChI is InChI=1S/C12H7F6N3O4/c13-11(14,15)9(22)19-7-1-5-3-20(10(23)12(16,17)18)4-6(5)2-8(7)21(24)25/h1-2H,3-4H2,(H,19,22). The summed E-state index contributed by atoms with van der Waals surface area (Å²) in [7, 11) is 0. The number of hydrogen-bond acceptors (Lipinski definition) is 4. The average molecular weight is 371 g/mol. The van der Waals surface area contributed by atoms with Crippen molar-refractivity contribution < 1.29 is 40.9 Å². The van der Waals surface area contributed by atoms with Gasteiger partial charge in [-0.1, -0.05) is 0 Å². The second-order valence-corrected chi connectivity index (χ2v) is 5.01. The summed E-state index contributed by atoms with van der Waals surface area (Å²) in [6.07, 6.45) is -10.5. The molecule has 1 aromatic carbocycles. The molecule has 2 amide bonds. The van der Waals surface area contributed by atoms with Crippen molar-refractivity contribution in [3.05, 3.63) is 33.4 Å². The first-order chi connectivity index (χ1) is 11.3. The summed E-state index contributed by atoms with van der Waals surface area (Å²) in [5.41, 5.74) is -1.83. The molecule has 2 rings (SSSR count). The summed E-state index contributed by atoms with van der Waals surface area (Å²) < 4.78 is 74.1. The summed E-state index contributed by atoms with van der Waals surface area (Å²) in [6, 6.07) is 1.48. The van der Waals surface area contributed by atoms with Gasteiger partial charge < -0.3 is 10.2 Å². The number of hydrogen-bond donors (Lipinski definition) is 1. The lowest BCUT2D eigenvalue weighted by Crippen LogP contribution is -2.37. The van der Waals surface area contributed by atoms with Crippen molar-refractivity contribution in [2.45, 2.75) is 25.4 Å². The van der Waals surface area contributed by atoms with Crippen molar-refractivity contribution in [2.24, 2.45) is 0 Å². The first-order valence-corrected chi connectivity index (χ1v) is 6.35. The van der Waals surface area contributed by atoms with E-state index in [0.29, 0.717) is 4.90 Å². The van der Waals surface area contributed by atoms with Gasteiger partial charge in [-0.25, -0.2) is 0 Å². The molecule has 25 heavy (non-hydrogen) atoms. The van der Waals surface area contributed by atoms with Crippen LogP contribution in [0.2, 0.25) is 0 Å². The highest BCUT2D eigenvalue weighted by Gasteiger charge is 2.45. The van der Waals surface area contributed by atoms with E-state index in [2.05, 4.69) is 0 Å². The second kappa shape index (κ2) is 5.89. The van der Waals surface area contributed by atoms with Crippen LogP contribution in [0.4, 0.5) is 37.7 Å². The monoisotopic (exact) mass is 371 g/mol. The Balaban J connectivity index is 2.36. The molecule has 0 saturated heterocycles. The molecular formula is C12H7F6N3O4. The molecule has 13 heteroatoms. The molecule has 0 fully saturated rings. The minimum atomic E-state index is -5.31. The van der Waals surface area contributed by atoms with Crippen LogP contribution in [0.25, 0.3) is 0 Å². The molecular weight excluding hydrogens is 364 g/mol. The number of amides is 2. The molecule has 0 spiro atoms. The minimum Gasteiger partial charge on any atom is -0.326 e. The number of nitrogens with one attached hydrogen (secondary N) is 1. The van der Waals surface area contributed by atoms with E-state index in [1.165, 1.54) is 5.32 Å². The molecule has 0 unspecified atom stereocenters. The zero-order valence-corrected chi connectivity index (χ0v) is 11.9. The number of halogens is 6. The van der Waals surface area contributed by atoms with Crippen molar-refractivity contribution in [3.63, 3.8) is 0 Å². The third-order valence-electron chi connectivity index (χ3n) is 3.27. The van der Waals surface area contributed by atoms with Gasteiger partial charge >= 0.3 is 24.2 Å². The number of fused-ring (bicyclic) bond motifs is 1. The highest BCUT2D eigenvalue weighted by atomic mass is 19.4. The SMILES string of the molecule is O=C(Nc1cc2c(cc1[N+](=O)[O-])CN(C(=O)C(F)(F)F)C2)C(F)(F)F. The summed E-state index contributed by atoms with van der Waals surface area (Å²) in [5, 5.41) is 12.2. The number of nitro benzene ring substituents is 1. The van der Waals surface area contributed by atoms with Crippen molar-refractivity contribution >= 4 is 23.2 Å². The molecule has 0 aromatic heterocycles. The predicted octanol–water partition coefficient (Wildman–Crippen LogP) is 2.50. The van der Waals surface area contributed by atoms with Crippen molar-refractivity contribution in [1.82, 2.24) is 4.90 Å². The van der Waals surface area contributed by atoms with Crippen LogP contribution in [0.15, 0.2) is 12.1 Å². The van der Waals surface area contributed by atoms with Gasteiger partial charge in [-0.05, 0) is 17.2 Å². The molecule has 1 aromatic rings. The van der Waals surface area contributed by atoms with Crippen LogP contribution in [0.1, 0.15) is 11.1 Å². The van der Waals surface area contributed by atoms with Crippen LogP contribution in [0, 0.1) is 10.1 Å². The maximum Gasteiger partial charge on any atom is 0.471 e. The average Bonchev–Trinajstić information content (AvgIpc) is 2.85. The fraction of sp³-hybridized carbons (Fsp3) is 0.333. The molecule has 1 N–H and O–H groups in total. The van der Waals surface area contributed by atoms with Gasteiger partial charge in [-0.2, -0.15) is 26.3 Å². The van der Waals surface area contributed by atoms with Crippen LogP contribution in [0.5, 0.6) is 0 Å². The zero-order chi connectivity index (χ0) is 19.2. The Morgan fingerprint density at radius 3 is 2.00 bits per heavy atom. The van der Waals surface area contributed by atoms with Crippen LogP contribution in [-0.2, 0) is 22.7 Å². The molecule has 1 heterocycles. The zero-order valence-electron chi connectivity index (χ0n) is 11.9. The Hall–Kier alpha value is -2.86. The molecule has 0 atom stereocenters. The number of anilines is 1. The van der Waals surface area contributed by atoms with Gasteiger partial charge in [-0.3, -0.25) is 19.7 Å².